The lowest BCUT2D eigenvalue weighted by atomic mass is 10.2. The molecule has 28 heavy (non-hydrogen) atoms. The summed E-state index contributed by atoms with van der Waals surface area (Å²) in [7, 11) is 3.91. The quantitative estimate of drug-likeness (QED) is 0.368. The maximum Gasteiger partial charge on any atom is 0.280 e. The lowest BCUT2D eigenvalue weighted by Gasteiger charge is -2.15. The number of carbonyl (C=O) groups excluding carboxylic acids is 1. The van der Waals surface area contributed by atoms with E-state index < -0.39 is 0 Å². The van der Waals surface area contributed by atoms with Crippen LogP contribution in [0.25, 0.3) is 10.2 Å². The summed E-state index contributed by atoms with van der Waals surface area (Å²) in [6.07, 6.45) is 3.07. The standard InChI is InChI=1S/C21H18N4O2S/c1-24(2)16-11-9-15(10-12-16)20(26)25(22-14-17-6-5-13-27-17)21-23-18-7-3-4-8-19(18)28-21/h3-14H,1-2H3/b22-14+. The third-order valence-corrected chi connectivity index (χ3v) is 5.14. The van der Waals surface area contributed by atoms with Gasteiger partial charge in [-0.2, -0.15) is 10.1 Å². The van der Waals surface area contributed by atoms with Crippen molar-refractivity contribution in [1.82, 2.24) is 4.98 Å². The van der Waals surface area contributed by atoms with E-state index in [4.69, 9.17) is 4.42 Å². The van der Waals surface area contributed by atoms with E-state index in [-0.39, 0.29) is 5.91 Å². The summed E-state index contributed by atoms with van der Waals surface area (Å²) in [6, 6.07) is 18.7. The average Bonchev–Trinajstić information content (AvgIpc) is 3.37. The smallest absolute Gasteiger partial charge is 0.280 e. The molecule has 0 bridgehead atoms. The topological polar surface area (TPSA) is 61.9 Å². The Morgan fingerprint density at radius 1 is 1.07 bits per heavy atom. The summed E-state index contributed by atoms with van der Waals surface area (Å²) in [5.74, 6) is 0.300. The fraction of sp³-hybridized carbons (Fsp3) is 0.0952. The molecule has 0 aliphatic rings. The Kier molecular flexibility index (Phi) is 4.90. The molecule has 0 saturated heterocycles. The predicted octanol–water partition coefficient (Wildman–Crippen LogP) is 4.64. The van der Waals surface area contributed by atoms with Gasteiger partial charge in [0.2, 0.25) is 5.13 Å². The van der Waals surface area contributed by atoms with Crippen LogP contribution in [0.4, 0.5) is 10.8 Å². The van der Waals surface area contributed by atoms with E-state index in [2.05, 4.69) is 10.1 Å². The molecule has 2 heterocycles. The minimum Gasteiger partial charge on any atom is -0.463 e. The highest BCUT2D eigenvalue weighted by Gasteiger charge is 2.21. The van der Waals surface area contributed by atoms with Crippen LogP contribution >= 0.6 is 11.3 Å². The highest BCUT2D eigenvalue weighted by molar-refractivity contribution is 7.22. The van der Waals surface area contributed by atoms with E-state index in [1.54, 1.807) is 30.5 Å². The van der Waals surface area contributed by atoms with Gasteiger partial charge < -0.3 is 9.32 Å². The minimum atomic E-state index is -0.257. The fourth-order valence-electron chi connectivity index (χ4n) is 2.64. The van der Waals surface area contributed by atoms with Crippen LogP contribution in [0.5, 0.6) is 0 Å². The molecular formula is C21H18N4O2S. The van der Waals surface area contributed by atoms with Crippen molar-refractivity contribution in [3.8, 4) is 0 Å². The summed E-state index contributed by atoms with van der Waals surface area (Å²) in [6.45, 7) is 0. The molecule has 140 valence electrons. The number of carbonyl (C=O) groups is 1. The highest BCUT2D eigenvalue weighted by Crippen LogP contribution is 2.30. The number of fused-ring (bicyclic) bond motifs is 1. The van der Waals surface area contributed by atoms with Crippen LogP contribution in [-0.4, -0.2) is 31.2 Å². The molecule has 6 nitrogen and oxygen atoms in total. The van der Waals surface area contributed by atoms with Crippen molar-refractivity contribution in [2.75, 3.05) is 24.0 Å². The molecule has 4 aromatic rings. The van der Waals surface area contributed by atoms with Gasteiger partial charge in [-0.25, -0.2) is 4.98 Å². The van der Waals surface area contributed by atoms with Crippen LogP contribution < -0.4 is 9.91 Å². The van der Waals surface area contributed by atoms with Gasteiger partial charge in [-0.1, -0.05) is 23.5 Å². The third kappa shape index (κ3) is 3.65. The monoisotopic (exact) mass is 390 g/mol. The van der Waals surface area contributed by atoms with E-state index in [9.17, 15) is 4.79 Å². The van der Waals surface area contributed by atoms with Crippen LogP contribution in [0, 0.1) is 0 Å². The summed E-state index contributed by atoms with van der Waals surface area (Å²) < 4.78 is 6.29. The summed E-state index contributed by atoms with van der Waals surface area (Å²) in [5.41, 5.74) is 2.38. The number of hydrogen-bond acceptors (Lipinski definition) is 6. The number of hydrazone groups is 1. The van der Waals surface area contributed by atoms with Gasteiger partial charge in [-0.05, 0) is 48.5 Å². The van der Waals surface area contributed by atoms with Crippen molar-refractivity contribution in [3.05, 3.63) is 78.3 Å². The summed E-state index contributed by atoms with van der Waals surface area (Å²) in [4.78, 5) is 19.8. The van der Waals surface area contributed by atoms with Crippen molar-refractivity contribution in [2.24, 2.45) is 5.10 Å². The molecule has 0 saturated carbocycles. The Morgan fingerprint density at radius 3 is 2.54 bits per heavy atom. The normalized spacial score (nSPS) is 11.2. The average molecular weight is 390 g/mol. The molecule has 0 aliphatic heterocycles. The third-order valence-electron chi connectivity index (χ3n) is 4.13. The molecule has 0 spiro atoms. The maximum absolute atomic E-state index is 13.2. The van der Waals surface area contributed by atoms with Crippen molar-refractivity contribution in [3.63, 3.8) is 0 Å². The second-order valence-corrected chi connectivity index (χ2v) is 7.29. The Morgan fingerprint density at radius 2 is 1.86 bits per heavy atom. The molecule has 4 rings (SSSR count). The molecule has 1 amide bonds. The molecule has 2 aromatic carbocycles. The van der Waals surface area contributed by atoms with E-state index in [1.807, 2.05) is 55.4 Å². The first kappa shape index (κ1) is 17.9. The second kappa shape index (κ2) is 7.66. The van der Waals surface area contributed by atoms with Gasteiger partial charge in [-0.3, -0.25) is 4.79 Å². The van der Waals surface area contributed by atoms with E-state index in [1.165, 1.54) is 22.6 Å². The molecule has 0 radical (unpaired) electrons. The molecule has 0 aliphatic carbocycles. The van der Waals surface area contributed by atoms with Crippen molar-refractivity contribution in [1.29, 1.82) is 0 Å². The zero-order valence-electron chi connectivity index (χ0n) is 15.4. The van der Waals surface area contributed by atoms with Crippen LogP contribution in [0.3, 0.4) is 0 Å². The number of aromatic nitrogens is 1. The largest absolute Gasteiger partial charge is 0.463 e. The van der Waals surface area contributed by atoms with Gasteiger partial charge in [0.15, 0.2) is 0 Å². The maximum atomic E-state index is 13.2. The van der Waals surface area contributed by atoms with Crippen LogP contribution in [0.2, 0.25) is 0 Å². The number of furan rings is 1. The molecule has 0 N–H and O–H groups in total. The predicted molar refractivity (Wildman–Crippen MR) is 114 cm³/mol. The van der Waals surface area contributed by atoms with E-state index >= 15 is 0 Å². The molecule has 0 atom stereocenters. The fourth-order valence-corrected chi connectivity index (χ4v) is 3.57. The molecular weight excluding hydrogens is 372 g/mol. The summed E-state index contributed by atoms with van der Waals surface area (Å²) in [5, 5.41) is 6.19. The van der Waals surface area contributed by atoms with Crippen molar-refractivity contribution >= 4 is 44.5 Å². The van der Waals surface area contributed by atoms with Crippen LogP contribution in [0.1, 0.15) is 16.1 Å². The Labute approximate surface area is 166 Å². The molecule has 7 heteroatoms. The number of hydrogen-bond donors (Lipinski definition) is 0. The number of thiazole rings is 1. The Balaban J connectivity index is 1.72. The SMILES string of the molecule is CN(C)c1ccc(C(=O)N(/N=C/c2ccco2)c2nc3ccccc3s2)cc1. The van der Waals surface area contributed by atoms with E-state index in [0.29, 0.717) is 16.5 Å². The lowest BCUT2D eigenvalue weighted by molar-refractivity contribution is 0.0988. The molecule has 0 fully saturated rings. The molecule has 2 aromatic heterocycles. The number of rotatable bonds is 5. The van der Waals surface area contributed by atoms with E-state index in [0.717, 1.165) is 15.9 Å². The van der Waals surface area contributed by atoms with Gasteiger partial charge in [0, 0.05) is 25.3 Å². The first-order valence-corrected chi connectivity index (χ1v) is 9.48. The second-order valence-electron chi connectivity index (χ2n) is 6.28. The first-order chi connectivity index (χ1) is 13.6. The number of anilines is 2. The number of benzene rings is 2. The van der Waals surface area contributed by atoms with Crippen molar-refractivity contribution in [2.45, 2.75) is 0 Å². The lowest BCUT2D eigenvalue weighted by Crippen LogP contribution is -2.25. The number of amides is 1. The van der Waals surface area contributed by atoms with Crippen LogP contribution in [0.15, 0.2) is 76.4 Å². The van der Waals surface area contributed by atoms with Crippen molar-refractivity contribution < 1.29 is 9.21 Å². The molecule has 0 unspecified atom stereocenters. The summed E-state index contributed by atoms with van der Waals surface area (Å²) >= 11 is 1.42. The number of nitrogens with zero attached hydrogens (tertiary/aromatic N) is 4. The Bertz CT molecular complexity index is 1080. The Hall–Kier alpha value is -3.45. The highest BCUT2D eigenvalue weighted by atomic mass is 32.1. The first-order valence-electron chi connectivity index (χ1n) is 8.67. The van der Waals surface area contributed by atoms with Gasteiger partial charge in [-0.15, -0.1) is 0 Å². The zero-order valence-corrected chi connectivity index (χ0v) is 16.3. The zero-order chi connectivity index (χ0) is 19.5. The van der Waals surface area contributed by atoms with Gasteiger partial charge in [0.05, 0.1) is 22.7 Å². The van der Waals surface area contributed by atoms with Gasteiger partial charge >= 0.3 is 0 Å². The minimum absolute atomic E-state index is 0.257. The number of para-hydroxylation sites is 1. The van der Waals surface area contributed by atoms with Gasteiger partial charge in [0.25, 0.3) is 5.91 Å². The van der Waals surface area contributed by atoms with Gasteiger partial charge in [0.1, 0.15) is 5.76 Å². The van der Waals surface area contributed by atoms with Crippen LogP contribution in [-0.2, 0) is 0 Å².